The van der Waals surface area contributed by atoms with Gasteiger partial charge in [0.05, 0.1) is 0 Å². The molecule has 0 radical (unpaired) electrons. The third kappa shape index (κ3) is 1.31. The lowest BCUT2D eigenvalue weighted by atomic mass is 10.3. The maximum absolute atomic E-state index is 11.0. The molecule has 1 unspecified atom stereocenters. The summed E-state index contributed by atoms with van der Waals surface area (Å²) >= 11 is 0. The fraction of sp³-hybridized carbons (Fsp3) is 0.500. The molecule has 0 aliphatic carbocycles. The van der Waals surface area contributed by atoms with E-state index < -0.39 is 0 Å². The highest BCUT2D eigenvalue weighted by Crippen LogP contribution is 2.10. The second-order valence-corrected chi connectivity index (χ2v) is 2.65. The molecular weight excluding hydrogens is 142 g/mol. The minimum Gasteiger partial charge on any atom is -0.330 e. The topological polar surface area (TPSA) is 37.4 Å². The molecule has 0 spiro atoms. The first-order valence-corrected chi connectivity index (χ1v) is 3.63. The molecule has 11 heavy (non-hydrogen) atoms. The van der Waals surface area contributed by atoms with Gasteiger partial charge in [-0.3, -0.25) is 9.59 Å². The van der Waals surface area contributed by atoms with Gasteiger partial charge in [-0.25, -0.2) is 0 Å². The molecular formula is C8H11NO2. The number of hydrogen-bond donors (Lipinski definition) is 0. The number of rotatable bonds is 2. The Kier molecular flexibility index (Phi) is 2.08. The highest BCUT2D eigenvalue weighted by Gasteiger charge is 2.30. The summed E-state index contributed by atoms with van der Waals surface area (Å²) in [5.74, 6) is -0.642. The van der Waals surface area contributed by atoms with Crippen molar-refractivity contribution >= 4 is 11.7 Å². The van der Waals surface area contributed by atoms with Gasteiger partial charge in [0.2, 0.25) is 5.78 Å². The second kappa shape index (κ2) is 2.86. The van der Waals surface area contributed by atoms with Gasteiger partial charge in [0.25, 0.3) is 5.91 Å². The average Bonchev–Trinajstić information content (AvgIpc) is 2.32. The molecule has 0 aromatic carbocycles. The van der Waals surface area contributed by atoms with Crippen LogP contribution in [0.5, 0.6) is 0 Å². The van der Waals surface area contributed by atoms with E-state index in [1.54, 1.807) is 6.08 Å². The zero-order valence-electron chi connectivity index (χ0n) is 6.54. The first kappa shape index (κ1) is 7.98. The summed E-state index contributed by atoms with van der Waals surface area (Å²) in [4.78, 5) is 23.4. The standard InChI is InChI=1S/C8H11NO2/c1-3-6(2)9-5-4-7(10)8(9)11/h3,6H,1,4-5H2,2H3. The normalized spacial score (nSPS) is 20.6. The molecule has 1 atom stereocenters. The zero-order chi connectivity index (χ0) is 8.43. The third-order valence-electron chi connectivity index (χ3n) is 1.91. The van der Waals surface area contributed by atoms with Crippen LogP contribution in [0.25, 0.3) is 0 Å². The summed E-state index contributed by atoms with van der Waals surface area (Å²) in [7, 11) is 0. The van der Waals surface area contributed by atoms with E-state index >= 15 is 0 Å². The Hall–Kier alpha value is -1.12. The van der Waals surface area contributed by atoms with Crippen LogP contribution in [0.3, 0.4) is 0 Å². The molecule has 1 aliphatic heterocycles. The number of ketones is 1. The summed E-state index contributed by atoms with van der Waals surface area (Å²) in [5, 5.41) is 0. The van der Waals surface area contributed by atoms with Gasteiger partial charge in [0.1, 0.15) is 0 Å². The van der Waals surface area contributed by atoms with Gasteiger partial charge < -0.3 is 4.90 Å². The number of nitrogens with zero attached hydrogens (tertiary/aromatic N) is 1. The van der Waals surface area contributed by atoms with E-state index in [4.69, 9.17) is 0 Å². The van der Waals surface area contributed by atoms with E-state index in [0.717, 1.165) is 0 Å². The molecule has 0 aromatic rings. The molecule has 1 aliphatic rings. The second-order valence-electron chi connectivity index (χ2n) is 2.65. The molecule has 0 bridgehead atoms. The SMILES string of the molecule is C=CC(C)N1CCC(=O)C1=O. The Labute approximate surface area is 65.7 Å². The molecule has 3 nitrogen and oxygen atoms in total. The maximum atomic E-state index is 11.0. The molecule has 0 N–H and O–H groups in total. The van der Waals surface area contributed by atoms with Crippen molar-refractivity contribution < 1.29 is 9.59 Å². The predicted octanol–water partition coefficient (Wildman–Crippen LogP) is 0.362. The first-order valence-electron chi connectivity index (χ1n) is 3.63. The molecule has 1 fully saturated rings. The quantitative estimate of drug-likeness (QED) is 0.424. The molecule has 3 heteroatoms. The van der Waals surface area contributed by atoms with Crippen molar-refractivity contribution in [3.8, 4) is 0 Å². The van der Waals surface area contributed by atoms with Crippen LogP contribution >= 0.6 is 0 Å². The van der Waals surface area contributed by atoms with Crippen molar-refractivity contribution in [3.63, 3.8) is 0 Å². The van der Waals surface area contributed by atoms with Gasteiger partial charge in [0, 0.05) is 19.0 Å². The lowest BCUT2D eigenvalue weighted by molar-refractivity contribution is -0.140. The molecule has 1 rings (SSSR count). The third-order valence-corrected chi connectivity index (χ3v) is 1.91. The monoisotopic (exact) mass is 153 g/mol. The summed E-state index contributed by atoms with van der Waals surface area (Å²) in [6, 6.07) is -0.0195. The molecule has 1 saturated heterocycles. The van der Waals surface area contributed by atoms with E-state index in [0.29, 0.717) is 13.0 Å². The van der Waals surface area contributed by atoms with Gasteiger partial charge in [-0.1, -0.05) is 6.08 Å². The Balaban J connectivity index is 2.69. The van der Waals surface area contributed by atoms with E-state index in [-0.39, 0.29) is 17.7 Å². The first-order chi connectivity index (χ1) is 5.16. The van der Waals surface area contributed by atoms with Crippen LogP contribution in [0.15, 0.2) is 12.7 Å². The fourth-order valence-electron chi connectivity index (χ4n) is 1.11. The van der Waals surface area contributed by atoms with Crippen molar-refractivity contribution in [3.05, 3.63) is 12.7 Å². The maximum Gasteiger partial charge on any atom is 0.290 e. The van der Waals surface area contributed by atoms with Gasteiger partial charge in [-0.2, -0.15) is 0 Å². The summed E-state index contributed by atoms with van der Waals surface area (Å²) in [6.45, 7) is 5.96. The Morgan fingerprint density at radius 2 is 2.27 bits per heavy atom. The van der Waals surface area contributed by atoms with Gasteiger partial charge >= 0.3 is 0 Å². The average molecular weight is 153 g/mol. The van der Waals surface area contributed by atoms with Crippen LogP contribution in [0, 0.1) is 0 Å². The van der Waals surface area contributed by atoms with Crippen LogP contribution in [0.4, 0.5) is 0 Å². The number of likely N-dealkylation sites (tertiary alicyclic amines) is 1. The van der Waals surface area contributed by atoms with Crippen LogP contribution in [0.2, 0.25) is 0 Å². The van der Waals surface area contributed by atoms with Crippen LogP contribution in [-0.4, -0.2) is 29.2 Å². The summed E-state index contributed by atoms with van der Waals surface area (Å²) < 4.78 is 0. The van der Waals surface area contributed by atoms with E-state index in [1.807, 2.05) is 6.92 Å². The molecule has 60 valence electrons. The molecule has 0 saturated carbocycles. The number of carbonyl (C=O) groups excluding carboxylic acids is 2. The van der Waals surface area contributed by atoms with Gasteiger partial charge in [-0.05, 0) is 6.92 Å². The van der Waals surface area contributed by atoms with Crippen molar-refractivity contribution in [1.82, 2.24) is 4.90 Å². The van der Waals surface area contributed by atoms with E-state index in [1.165, 1.54) is 4.90 Å². The minimum atomic E-state index is -0.364. The Morgan fingerprint density at radius 3 is 2.64 bits per heavy atom. The number of hydrogen-bond acceptors (Lipinski definition) is 2. The smallest absolute Gasteiger partial charge is 0.290 e. The van der Waals surface area contributed by atoms with Crippen LogP contribution in [-0.2, 0) is 9.59 Å². The van der Waals surface area contributed by atoms with Crippen molar-refractivity contribution in [2.45, 2.75) is 19.4 Å². The largest absolute Gasteiger partial charge is 0.330 e. The van der Waals surface area contributed by atoms with Crippen molar-refractivity contribution in [1.29, 1.82) is 0 Å². The number of amides is 1. The zero-order valence-corrected chi connectivity index (χ0v) is 6.54. The van der Waals surface area contributed by atoms with Crippen LogP contribution in [0.1, 0.15) is 13.3 Å². The summed E-state index contributed by atoms with van der Waals surface area (Å²) in [5.41, 5.74) is 0. The lowest BCUT2D eigenvalue weighted by Gasteiger charge is -2.19. The molecule has 1 amide bonds. The molecule has 1 heterocycles. The Morgan fingerprint density at radius 1 is 1.64 bits per heavy atom. The predicted molar refractivity (Wildman–Crippen MR) is 41.0 cm³/mol. The Bertz CT molecular complexity index is 210. The van der Waals surface area contributed by atoms with Crippen molar-refractivity contribution in [2.24, 2.45) is 0 Å². The highest BCUT2D eigenvalue weighted by molar-refractivity contribution is 6.37. The fourth-order valence-corrected chi connectivity index (χ4v) is 1.11. The minimum absolute atomic E-state index is 0.0195. The molecule has 0 aromatic heterocycles. The lowest BCUT2D eigenvalue weighted by Crippen LogP contribution is -2.34. The van der Waals surface area contributed by atoms with Crippen molar-refractivity contribution in [2.75, 3.05) is 6.54 Å². The summed E-state index contributed by atoms with van der Waals surface area (Å²) in [6.07, 6.45) is 2.02. The highest BCUT2D eigenvalue weighted by atomic mass is 16.2. The number of carbonyl (C=O) groups is 2. The van der Waals surface area contributed by atoms with Crippen LogP contribution < -0.4 is 0 Å². The van der Waals surface area contributed by atoms with E-state index in [9.17, 15) is 9.59 Å². The number of Topliss-reactive ketones (excluding diaryl/α,β-unsaturated/α-hetero) is 1. The van der Waals surface area contributed by atoms with Gasteiger partial charge in [-0.15, -0.1) is 6.58 Å². The van der Waals surface area contributed by atoms with Gasteiger partial charge in [0.15, 0.2) is 0 Å². The van der Waals surface area contributed by atoms with E-state index in [2.05, 4.69) is 6.58 Å².